The minimum absolute atomic E-state index is 0.107. The molecule has 0 amide bonds. The lowest BCUT2D eigenvalue weighted by atomic mass is 10.2. The van der Waals surface area contributed by atoms with Gasteiger partial charge < -0.3 is 11.1 Å². The van der Waals surface area contributed by atoms with Crippen LogP contribution in [0.5, 0.6) is 0 Å². The summed E-state index contributed by atoms with van der Waals surface area (Å²) in [5.41, 5.74) is 4.72. The third-order valence-electron chi connectivity index (χ3n) is 2.64. The third-order valence-corrected chi connectivity index (χ3v) is 2.64. The molecular weight excluding hydrogens is 260 g/mol. The molecule has 0 aliphatic heterocycles. The van der Waals surface area contributed by atoms with E-state index in [4.69, 9.17) is 5.73 Å². The van der Waals surface area contributed by atoms with Crippen molar-refractivity contribution in [1.82, 2.24) is 0 Å². The first-order valence-corrected chi connectivity index (χ1v) is 5.36. The Morgan fingerprint density at radius 1 is 0.947 bits per heavy atom. The second-order valence-corrected chi connectivity index (χ2v) is 4.03. The second-order valence-electron chi connectivity index (χ2n) is 4.03. The monoisotopic (exact) mass is 270 g/mol. The van der Waals surface area contributed by atoms with Crippen molar-refractivity contribution >= 4 is 17.1 Å². The van der Waals surface area contributed by atoms with Gasteiger partial charge in [0.25, 0.3) is 0 Å². The fourth-order valence-corrected chi connectivity index (χ4v) is 1.57. The fraction of sp³-hybridized carbons (Fsp3) is 0.0769. The summed E-state index contributed by atoms with van der Waals surface area (Å²) >= 11 is 0. The number of hydrogen-bond acceptors (Lipinski definition) is 2. The van der Waals surface area contributed by atoms with Gasteiger partial charge in [-0.3, -0.25) is 0 Å². The van der Waals surface area contributed by atoms with Crippen molar-refractivity contribution in [2.24, 2.45) is 0 Å². The summed E-state index contributed by atoms with van der Waals surface area (Å²) in [6.45, 7) is 1.39. The van der Waals surface area contributed by atoms with E-state index in [1.54, 1.807) is 0 Å². The lowest BCUT2D eigenvalue weighted by Gasteiger charge is -2.12. The zero-order valence-electron chi connectivity index (χ0n) is 9.90. The second kappa shape index (κ2) is 4.79. The van der Waals surface area contributed by atoms with Crippen molar-refractivity contribution in [2.75, 3.05) is 11.1 Å². The van der Waals surface area contributed by atoms with Gasteiger partial charge in [0.15, 0.2) is 11.6 Å². The van der Waals surface area contributed by atoms with Gasteiger partial charge in [0.1, 0.15) is 17.3 Å². The van der Waals surface area contributed by atoms with Gasteiger partial charge in [-0.15, -0.1) is 0 Å². The molecule has 0 aliphatic rings. The highest BCUT2D eigenvalue weighted by molar-refractivity contribution is 5.73. The van der Waals surface area contributed by atoms with E-state index in [-0.39, 0.29) is 16.9 Å². The standard InChI is InChI=1S/C13H10F4N2/c1-6-4-9(16)11(5-8(6)15)19-13-10(18)3-2-7(14)12(13)17/h2-5,19H,18H2,1H3. The number of nitrogens with one attached hydrogen (secondary N) is 1. The lowest BCUT2D eigenvalue weighted by Crippen LogP contribution is -2.03. The number of halogens is 4. The van der Waals surface area contributed by atoms with Crippen LogP contribution in [0.4, 0.5) is 34.6 Å². The molecular formula is C13H10F4N2. The molecule has 3 N–H and O–H groups in total. The molecule has 0 atom stereocenters. The van der Waals surface area contributed by atoms with E-state index in [0.717, 1.165) is 24.3 Å². The molecule has 0 heterocycles. The molecule has 2 aromatic carbocycles. The van der Waals surface area contributed by atoms with Gasteiger partial charge in [0.2, 0.25) is 0 Å². The zero-order valence-corrected chi connectivity index (χ0v) is 9.90. The number of benzene rings is 2. The molecule has 0 aromatic heterocycles. The Kier molecular flexibility index (Phi) is 3.33. The van der Waals surface area contributed by atoms with Crippen LogP contribution in [0, 0.1) is 30.2 Å². The zero-order chi connectivity index (χ0) is 14.2. The van der Waals surface area contributed by atoms with Crippen molar-refractivity contribution < 1.29 is 17.6 Å². The molecule has 2 rings (SSSR count). The van der Waals surface area contributed by atoms with Gasteiger partial charge in [-0.2, -0.15) is 0 Å². The first-order valence-electron chi connectivity index (χ1n) is 5.36. The van der Waals surface area contributed by atoms with Gasteiger partial charge in [-0.05, 0) is 30.7 Å². The van der Waals surface area contributed by atoms with Crippen LogP contribution in [0.3, 0.4) is 0 Å². The Hall–Kier alpha value is -2.24. The molecule has 2 nitrogen and oxygen atoms in total. The van der Waals surface area contributed by atoms with Gasteiger partial charge >= 0.3 is 0 Å². The molecule has 0 saturated heterocycles. The average molecular weight is 270 g/mol. The Morgan fingerprint density at radius 2 is 1.63 bits per heavy atom. The first-order chi connectivity index (χ1) is 8.90. The van der Waals surface area contributed by atoms with Gasteiger partial charge in [0, 0.05) is 6.07 Å². The Balaban J connectivity index is 2.48. The average Bonchev–Trinajstić information content (AvgIpc) is 2.36. The van der Waals surface area contributed by atoms with Crippen molar-refractivity contribution in [3.8, 4) is 0 Å². The summed E-state index contributed by atoms with van der Waals surface area (Å²) in [4.78, 5) is 0. The molecule has 0 spiro atoms. The van der Waals surface area contributed by atoms with Crippen molar-refractivity contribution in [3.05, 3.63) is 53.1 Å². The minimum Gasteiger partial charge on any atom is -0.397 e. The summed E-state index contributed by atoms with van der Waals surface area (Å²) in [6, 6.07) is 3.78. The summed E-state index contributed by atoms with van der Waals surface area (Å²) in [5.74, 6) is -3.84. The fourth-order valence-electron chi connectivity index (χ4n) is 1.57. The quantitative estimate of drug-likeness (QED) is 0.642. The van der Waals surface area contributed by atoms with E-state index >= 15 is 0 Å². The number of hydrogen-bond donors (Lipinski definition) is 2. The van der Waals surface area contributed by atoms with Crippen molar-refractivity contribution in [3.63, 3.8) is 0 Å². The molecule has 0 radical (unpaired) electrons. The van der Waals surface area contributed by atoms with Crippen LogP contribution >= 0.6 is 0 Å². The van der Waals surface area contributed by atoms with Crippen LogP contribution in [0.25, 0.3) is 0 Å². The van der Waals surface area contributed by atoms with Crippen LogP contribution in [0.1, 0.15) is 5.56 Å². The number of nitrogen functional groups attached to an aromatic ring is 1. The highest BCUT2D eigenvalue weighted by Crippen LogP contribution is 2.30. The first kappa shape index (κ1) is 13.2. The largest absolute Gasteiger partial charge is 0.397 e. The summed E-state index contributed by atoms with van der Waals surface area (Å²) in [5, 5.41) is 2.26. The molecule has 0 bridgehead atoms. The number of anilines is 3. The van der Waals surface area contributed by atoms with Gasteiger partial charge in [0.05, 0.1) is 11.4 Å². The lowest BCUT2D eigenvalue weighted by molar-refractivity contribution is 0.512. The smallest absolute Gasteiger partial charge is 0.184 e. The Bertz CT molecular complexity index is 641. The summed E-state index contributed by atoms with van der Waals surface area (Å²) in [7, 11) is 0. The molecule has 100 valence electrons. The molecule has 6 heteroatoms. The number of aryl methyl sites for hydroxylation is 1. The highest BCUT2D eigenvalue weighted by atomic mass is 19.2. The third kappa shape index (κ3) is 2.47. The van der Waals surface area contributed by atoms with Crippen molar-refractivity contribution in [2.45, 2.75) is 6.92 Å². The van der Waals surface area contributed by atoms with Crippen LogP contribution in [0.2, 0.25) is 0 Å². The maximum atomic E-state index is 13.6. The normalized spacial score (nSPS) is 10.6. The Morgan fingerprint density at radius 3 is 2.32 bits per heavy atom. The van der Waals surface area contributed by atoms with Crippen LogP contribution in [0.15, 0.2) is 24.3 Å². The molecule has 0 unspecified atom stereocenters. The molecule has 19 heavy (non-hydrogen) atoms. The predicted molar refractivity (Wildman–Crippen MR) is 65.1 cm³/mol. The molecule has 0 saturated carbocycles. The predicted octanol–water partition coefficient (Wildman–Crippen LogP) is 3.88. The van der Waals surface area contributed by atoms with Crippen molar-refractivity contribution in [1.29, 1.82) is 0 Å². The van der Waals surface area contributed by atoms with E-state index in [2.05, 4.69) is 5.32 Å². The molecule has 2 aromatic rings. The number of rotatable bonds is 2. The molecule has 0 fully saturated rings. The molecule has 0 aliphatic carbocycles. The van der Waals surface area contributed by atoms with E-state index in [0.29, 0.717) is 0 Å². The van der Waals surface area contributed by atoms with E-state index in [1.165, 1.54) is 6.92 Å². The van der Waals surface area contributed by atoms with E-state index in [1.807, 2.05) is 0 Å². The van der Waals surface area contributed by atoms with E-state index in [9.17, 15) is 17.6 Å². The van der Waals surface area contributed by atoms with E-state index < -0.39 is 29.0 Å². The summed E-state index contributed by atoms with van der Waals surface area (Å²) in [6.07, 6.45) is 0. The number of nitrogens with two attached hydrogens (primary N) is 1. The van der Waals surface area contributed by atoms with Gasteiger partial charge in [-0.1, -0.05) is 0 Å². The SMILES string of the molecule is Cc1cc(F)c(Nc2c(N)ccc(F)c2F)cc1F. The topological polar surface area (TPSA) is 38.0 Å². The Labute approximate surface area is 106 Å². The highest BCUT2D eigenvalue weighted by Gasteiger charge is 2.15. The van der Waals surface area contributed by atoms with Crippen LogP contribution < -0.4 is 11.1 Å². The van der Waals surface area contributed by atoms with Crippen LogP contribution in [-0.4, -0.2) is 0 Å². The maximum Gasteiger partial charge on any atom is 0.184 e. The van der Waals surface area contributed by atoms with Crippen LogP contribution in [-0.2, 0) is 0 Å². The maximum absolute atomic E-state index is 13.6. The minimum atomic E-state index is -1.25. The van der Waals surface area contributed by atoms with Gasteiger partial charge in [-0.25, -0.2) is 17.6 Å². The summed E-state index contributed by atoms with van der Waals surface area (Å²) < 4.78 is 53.5.